The van der Waals surface area contributed by atoms with E-state index in [1.165, 1.54) is 11.1 Å². The first-order chi connectivity index (χ1) is 16.7. The van der Waals surface area contributed by atoms with Gasteiger partial charge in [-0.1, -0.05) is 66.7 Å². The van der Waals surface area contributed by atoms with Gasteiger partial charge in [-0.3, -0.25) is 9.69 Å². The maximum atomic E-state index is 13.0. The molecule has 1 atom stereocenters. The predicted octanol–water partition coefficient (Wildman–Crippen LogP) is 5.73. The Morgan fingerprint density at radius 3 is 2.29 bits per heavy atom. The molecule has 2 heterocycles. The maximum Gasteiger partial charge on any atom is 0.223 e. The quantitative estimate of drug-likeness (QED) is 0.449. The van der Waals surface area contributed by atoms with Crippen molar-refractivity contribution in [2.24, 2.45) is 11.3 Å². The predicted molar refractivity (Wildman–Crippen MR) is 136 cm³/mol. The number of carbonyl (C=O) groups is 1. The Bertz CT molecular complexity index is 1030. The van der Waals surface area contributed by atoms with Crippen LogP contribution in [0.3, 0.4) is 0 Å². The van der Waals surface area contributed by atoms with Crippen LogP contribution >= 0.6 is 0 Å². The number of amides is 1. The first-order valence-corrected chi connectivity index (χ1v) is 12.5. The van der Waals surface area contributed by atoms with Crippen LogP contribution in [0.4, 0.5) is 0 Å². The van der Waals surface area contributed by atoms with Crippen LogP contribution in [0.25, 0.3) is 6.08 Å². The molecule has 1 spiro atoms. The second-order valence-electron chi connectivity index (χ2n) is 9.79. The summed E-state index contributed by atoms with van der Waals surface area (Å²) in [4.78, 5) is 15.4. The number of rotatable bonds is 9. The van der Waals surface area contributed by atoms with E-state index in [4.69, 9.17) is 4.42 Å². The number of nitrogens with zero attached hydrogens (tertiary/aromatic N) is 1. The molecular formula is C30H34N2O2. The zero-order valence-corrected chi connectivity index (χ0v) is 19.7. The number of hydrogen-bond donors (Lipinski definition) is 1. The van der Waals surface area contributed by atoms with Crippen molar-refractivity contribution >= 4 is 12.0 Å². The van der Waals surface area contributed by atoms with E-state index in [1.54, 1.807) is 6.26 Å². The van der Waals surface area contributed by atoms with E-state index in [0.717, 1.165) is 51.1 Å². The topological polar surface area (TPSA) is 45.5 Å². The average molecular weight is 455 g/mol. The number of piperidine rings is 1. The highest BCUT2D eigenvalue weighted by atomic mass is 16.3. The Labute approximate surface area is 202 Å². The van der Waals surface area contributed by atoms with Crippen molar-refractivity contribution in [3.05, 3.63) is 102 Å². The van der Waals surface area contributed by atoms with Crippen molar-refractivity contribution in [1.82, 2.24) is 10.2 Å². The van der Waals surface area contributed by atoms with Gasteiger partial charge in [-0.25, -0.2) is 0 Å². The van der Waals surface area contributed by atoms with Crippen LogP contribution in [0.15, 0.2) is 89.6 Å². The number of hydrogen-bond acceptors (Lipinski definition) is 3. The molecule has 1 N–H and O–H groups in total. The van der Waals surface area contributed by atoms with Crippen molar-refractivity contribution in [2.45, 2.75) is 31.6 Å². The van der Waals surface area contributed by atoms with E-state index in [1.807, 2.05) is 18.2 Å². The molecule has 2 fully saturated rings. The zero-order valence-electron chi connectivity index (χ0n) is 19.7. The summed E-state index contributed by atoms with van der Waals surface area (Å²) in [5.41, 5.74) is 2.85. The fourth-order valence-corrected chi connectivity index (χ4v) is 5.52. The second-order valence-corrected chi connectivity index (χ2v) is 9.79. The lowest BCUT2D eigenvalue weighted by atomic mass is 9.88. The molecule has 2 aromatic carbocycles. The highest BCUT2D eigenvalue weighted by molar-refractivity contribution is 5.82. The number of carbonyl (C=O) groups excluding carboxylic acids is 1. The van der Waals surface area contributed by atoms with Crippen LogP contribution in [0.2, 0.25) is 0 Å². The molecule has 1 saturated heterocycles. The summed E-state index contributed by atoms with van der Waals surface area (Å²) < 4.78 is 5.35. The summed E-state index contributed by atoms with van der Waals surface area (Å²) >= 11 is 0. The molecule has 4 nitrogen and oxygen atoms in total. The van der Waals surface area contributed by atoms with Crippen LogP contribution < -0.4 is 5.32 Å². The van der Waals surface area contributed by atoms with E-state index >= 15 is 0 Å². The van der Waals surface area contributed by atoms with Gasteiger partial charge >= 0.3 is 0 Å². The summed E-state index contributed by atoms with van der Waals surface area (Å²) in [5, 5.41) is 3.27. The Morgan fingerprint density at radius 2 is 1.68 bits per heavy atom. The van der Waals surface area contributed by atoms with E-state index in [2.05, 4.69) is 77.0 Å². The minimum Gasteiger partial charge on any atom is -0.465 e. The molecule has 0 radical (unpaired) electrons. The first-order valence-electron chi connectivity index (χ1n) is 12.5. The third kappa shape index (κ3) is 5.34. The molecule has 1 amide bonds. The molecular weight excluding hydrogens is 420 g/mol. The molecule has 1 saturated carbocycles. The van der Waals surface area contributed by atoms with Crippen LogP contribution in [-0.2, 0) is 4.79 Å². The summed E-state index contributed by atoms with van der Waals surface area (Å²) in [5.74, 6) is 1.65. The fourth-order valence-electron chi connectivity index (χ4n) is 5.52. The van der Waals surface area contributed by atoms with E-state index in [9.17, 15) is 4.79 Å². The number of likely N-dealkylation sites (tertiary alicyclic amines) is 1. The fraction of sp³-hybridized carbons (Fsp3) is 0.367. The van der Waals surface area contributed by atoms with Gasteiger partial charge in [-0.2, -0.15) is 0 Å². The molecule has 1 aromatic heterocycles. The molecule has 4 heteroatoms. The van der Waals surface area contributed by atoms with Crippen molar-refractivity contribution in [3.8, 4) is 0 Å². The lowest BCUT2D eigenvalue weighted by molar-refractivity contribution is -0.123. The van der Waals surface area contributed by atoms with Crippen LogP contribution in [-0.4, -0.2) is 37.0 Å². The van der Waals surface area contributed by atoms with Crippen molar-refractivity contribution < 1.29 is 9.21 Å². The van der Waals surface area contributed by atoms with Crippen LogP contribution in [0.1, 0.15) is 48.5 Å². The maximum absolute atomic E-state index is 13.0. The smallest absolute Gasteiger partial charge is 0.223 e. The van der Waals surface area contributed by atoms with Crippen molar-refractivity contribution in [3.63, 3.8) is 0 Å². The van der Waals surface area contributed by atoms with Gasteiger partial charge in [-0.05, 0) is 73.5 Å². The standard InChI is InChI=1S/C30H34N2O2/c33-29(31-18-15-27(24-9-3-1-4-10-24)25-11-5-2-6-12-25)28-23-30(28)16-20-32(21-17-30)19-7-13-26-14-8-22-34-26/h1-14,22,27-28H,15-21,23H2,(H,31,33)/b13-7+/t28-/m1/s1. The molecule has 176 valence electrons. The molecule has 0 unspecified atom stereocenters. The molecule has 0 bridgehead atoms. The van der Waals surface area contributed by atoms with Gasteiger partial charge in [0.15, 0.2) is 0 Å². The molecule has 3 aromatic rings. The minimum atomic E-state index is 0.195. The van der Waals surface area contributed by atoms with E-state index in [-0.39, 0.29) is 17.2 Å². The highest BCUT2D eigenvalue weighted by Crippen LogP contribution is 2.59. The molecule has 1 aliphatic carbocycles. The van der Waals surface area contributed by atoms with Gasteiger partial charge in [0.2, 0.25) is 5.91 Å². The van der Waals surface area contributed by atoms with Crippen LogP contribution in [0.5, 0.6) is 0 Å². The number of benzene rings is 2. The summed E-state index contributed by atoms with van der Waals surface area (Å²) in [6, 6.07) is 25.1. The van der Waals surface area contributed by atoms with Gasteiger partial charge in [0, 0.05) is 24.9 Å². The Balaban J connectivity index is 1.09. The Hall–Kier alpha value is -3.11. The SMILES string of the molecule is O=C(NCCC(c1ccccc1)c1ccccc1)[C@H]1CC12CCN(C/C=C/c1ccco1)CC2. The molecule has 5 rings (SSSR count). The highest BCUT2D eigenvalue weighted by Gasteiger charge is 2.58. The van der Waals surface area contributed by atoms with E-state index in [0.29, 0.717) is 12.5 Å². The largest absolute Gasteiger partial charge is 0.465 e. The summed E-state index contributed by atoms with van der Waals surface area (Å²) in [7, 11) is 0. The summed E-state index contributed by atoms with van der Waals surface area (Å²) in [6.07, 6.45) is 10.1. The second kappa shape index (κ2) is 10.4. The average Bonchev–Trinajstić information content (AvgIpc) is 3.32. The number of nitrogens with one attached hydrogen (secondary N) is 1. The van der Waals surface area contributed by atoms with Crippen LogP contribution in [0, 0.1) is 11.3 Å². The monoisotopic (exact) mass is 454 g/mol. The molecule has 2 aliphatic rings. The Kier molecular flexibility index (Phi) is 6.96. The Morgan fingerprint density at radius 1 is 1.00 bits per heavy atom. The van der Waals surface area contributed by atoms with Gasteiger partial charge < -0.3 is 9.73 Å². The molecule has 1 aliphatic heterocycles. The summed E-state index contributed by atoms with van der Waals surface area (Å²) in [6.45, 7) is 3.78. The lowest BCUT2D eigenvalue weighted by Gasteiger charge is -2.32. The zero-order chi connectivity index (χ0) is 23.2. The third-order valence-electron chi connectivity index (χ3n) is 7.68. The first kappa shape index (κ1) is 22.7. The lowest BCUT2D eigenvalue weighted by Crippen LogP contribution is -2.37. The van der Waals surface area contributed by atoms with Crippen molar-refractivity contribution in [2.75, 3.05) is 26.2 Å². The van der Waals surface area contributed by atoms with Gasteiger partial charge in [0.05, 0.1) is 6.26 Å². The van der Waals surface area contributed by atoms with E-state index < -0.39 is 0 Å². The van der Waals surface area contributed by atoms with Gasteiger partial charge in [0.1, 0.15) is 5.76 Å². The molecule has 34 heavy (non-hydrogen) atoms. The third-order valence-corrected chi connectivity index (χ3v) is 7.68. The van der Waals surface area contributed by atoms with Gasteiger partial charge in [0.25, 0.3) is 0 Å². The van der Waals surface area contributed by atoms with Crippen molar-refractivity contribution in [1.29, 1.82) is 0 Å². The van der Waals surface area contributed by atoms with Gasteiger partial charge in [-0.15, -0.1) is 0 Å². The minimum absolute atomic E-state index is 0.195. The number of furan rings is 1. The normalized spacial score (nSPS) is 19.6.